The second-order valence-electron chi connectivity index (χ2n) is 7.72. The molecule has 0 saturated heterocycles. The minimum atomic E-state index is -0.424. The topological polar surface area (TPSA) is 39.9 Å². The molecular formula is C28H15F2N3Ni. The fourth-order valence-electron chi connectivity index (χ4n) is 4.09. The van der Waals surface area contributed by atoms with Gasteiger partial charge < -0.3 is 4.98 Å². The maximum absolute atomic E-state index is 14.6. The first-order valence-electron chi connectivity index (χ1n) is 10.4. The van der Waals surface area contributed by atoms with Crippen LogP contribution >= 0.6 is 0 Å². The van der Waals surface area contributed by atoms with Gasteiger partial charge in [0.05, 0.1) is 5.69 Å². The fraction of sp³-hybridized carbons (Fsp3) is 0. The van der Waals surface area contributed by atoms with E-state index in [0.29, 0.717) is 38.8 Å². The monoisotopic (exact) mass is 489 g/mol. The molecule has 6 heteroatoms. The van der Waals surface area contributed by atoms with E-state index in [-0.39, 0.29) is 22.3 Å². The minimum absolute atomic E-state index is 0. The quantitative estimate of drug-likeness (QED) is 0.202. The van der Waals surface area contributed by atoms with Gasteiger partial charge in [0.25, 0.3) is 0 Å². The molecule has 3 aromatic heterocycles. The number of hydrogen-bond acceptors (Lipinski definition) is 2. The van der Waals surface area contributed by atoms with Gasteiger partial charge in [0.15, 0.2) is 0 Å². The van der Waals surface area contributed by atoms with Crippen LogP contribution in [0.15, 0.2) is 91.1 Å². The van der Waals surface area contributed by atoms with Crippen LogP contribution < -0.4 is 4.98 Å². The van der Waals surface area contributed by atoms with Crippen LogP contribution in [0.3, 0.4) is 0 Å². The summed E-state index contributed by atoms with van der Waals surface area (Å²) in [7, 11) is 0. The summed E-state index contributed by atoms with van der Waals surface area (Å²) in [6.45, 7) is 0. The van der Waals surface area contributed by atoms with Crippen LogP contribution in [-0.4, -0.2) is 9.97 Å². The maximum atomic E-state index is 14.6. The average molecular weight is 490 g/mol. The van der Waals surface area contributed by atoms with E-state index in [1.54, 1.807) is 12.3 Å². The van der Waals surface area contributed by atoms with Gasteiger partial charge in [0.1, 0.15) is 11.6 Å². The first kappa shape index (κ1) is 21.9. The Morgan fingerprint density at radius 1 is 0.676 bits per heavy atom. The third-order valence-electron chi connectivity index (χ3n) is 5.59. The van der Waals surface area contributed by atoms with Crippen LogP contribution in [0.1, 0.15) is 0 Å². The molecule has 0 radical (unpaired) electrons. The van der Waals surface area contributed by atoms with Crippen LogP contribution in [0.25, 0.3) is 55.6 Å². The molecule has 34 heavy (non-hydrogen) atoms. The Bertz CT molecular complexity index is 1640. The number of hydrogen-bond donors (Lipinski definition) is 0. The summed E-state index contributed by atoms with van der Waals surface area (Å²) in [6.07, 6.45) is 1.74. The molecule has 0 spiro atoms. The van der Waals surface area contributed by atoms with Gasteiger partial charge in [0.2, 0.25) is 0 Å². The van der Waals surface area contributed by atoms with Gasteiger partial charge in [-0.25, -0.2) is 8.78 Å². The number of halogens is 2. The largest absolute Gasteiger partial charge is 2.00 e. The molecule has 3 nitrogen and oxygen atoms in total. The first-order chi connectivity index (χ1) is 16.2. The Morgan fingerprint density at radius 3 is 2.24 bits per heavy atom. The zero-order valence-corrected chi connectivity index (χ0v) is 18.6. The first-order valence-corrected chi connectivity index (χ1v) is 10.4. The van der Waals surface area contributed by atoms with Crippen molar-refractivity contribution >= 4 is 21.8 Å². The van der Waals surface area contributed by atoms with E-state index in [1.807, 2.05) is 54.6 Å². The summed E-state index contributed by atoms with van der Waals surface area (Å²) in [5.41, 5.74) is 5.53. The Labute approximate surface area is 204 Å². The molecule has 6 rings (SSSR count). The molecule has 0 aliphatic carbocycles. The van der Waals surface area contributed by atoms with Crippen molar-refractivity contribution < 1.29 is 25.3 Å². The van der Waals surface area contributed by atoms with E-state index < -0.39 is 5.82 Å². The molecule has 6 aromatic rings. The van der Waals surface area contributed by atoms with Crippen molar-refractivity contribution in [2.24, 2.45) is 0 Å². The molecule has 0 aliphatic rings. The molecule has 0 atom stereocenters. The van der Waals surface area contributed by atoms with Crippen LogP contribution in [-0.2, 0) is 16.5 Å². The predicted octanol–water partition coefficient (Wildman–Crippen LogP) is 6.82. The van der Waals surface area contributed by atoms with Crippen LogP contribution in [0.4, 0.5) is 8.78 Å². The fourth-order valence-corrected chi connectivity index (χ4v) is 4.09. The minimum Gasteiger partial charge on any atom is -0.656 e. The summed E-state index contributed by atoms with van der Waals surface area (Å²) in [4.78, 5) is 13.8. The Kier molecular flexibility index (Phi) is 5.68. The number of nitrogens with zero attached hydrogens (tertiary/aromatic N) is 3. The number of fused-ring (bicyclic) bond motifs is 3. The molecule has 166 valence electrons. The van der Waals surface area contributed by atoms with E-state index in [2.05, 4.69) is 16.0 Å². The summed E-state index contributed by atoms with van der Waals surface area (Å²) in [5, 5.41) is 1.15. The third kappa shape index (κ3) is 3.87. The second-order valence-corrected chi connectivity index (χ2v) is 7.72. The molecule has 0 bridgehead atoms. The molecule has 0 N–H and O–H groups in total. The molecular weight excluding hydrogens is 475 g/mol. The Morgan fingerprint density at radius 2 is 1.41 bits per heavy atom. The number of pyridine rings is 2. The van der Waals surface area contributed by atoms with Crippen molar-refractivity contribution in [3.05, 3.63) is 109 Å². The van der Waals surface area contributed by atoms with Crippen LogP contribution in [0, 0.1) is 17.7 Å². The standard InChI is InChI=1S/C28H15F2N3.Ni/c29-19-10-11-27-21(14-19)22-15-20(30)16-23(28(22)33-27)26-9-4-8-25(32-26)18-6-3-5-17(13-18)24-7-1-2-12-31-24;/h1-12,14-16H;/q-2;+2. The number of rotatable bonds is 3. The molecule has 0 saturated carbocycles. The molecule has 0 fully saturated rings. The molecule has 0 amide bonds. The van der Waals surface area contributed by atoms with Gasteiger partial charge in [-0.1, -0.05) is 41.5 Å². The average Bonchev–Trinajstić information content (AvgIpc) is 3.22. The summed E-state index contributed by atoms with van der Waals surface area (Å²) >= 11 is 0. The summed E-state index contributed by atoms with van der Waals surface area (Å²) < 4.78 is 28.4. The van der Waals surface area contributed by atoms with Crippen LogP contribution in [0.5, 0.6) is 0 Å². The Hall–Kier alpha value is -3.89. The van der Waals surface area contributed by atoms with Crippen molar-refractivity contribution in [2.75, 3.05) is 0 Å². The Balaban J connectivity index is 0.00000241. The number of benzene rings is 3. The molecule has 0 aliphatic heterocycles. The van der Waals surface area contributed by atoms with Gasteiger partial charge in [-0.05, 0) is 52.7 Å². The van der Waals surface area contributed by atoms with Gasteiger partial charge >= 0.3 is 16.5 Å². The summed E-state index contributed by atoms with van der Waals surface area (Å²) in [5.74, 6) is -0.807. The maximum Gasteiger partial charge on any atom is 2.00 e. The van der Waals surface area contributed by atoms with Crippen molar-refractivity contribution in [2.45, 2.75) is 0 Å². The van der Waals surface area contributed by atoms with Gasteiger partial charge in [-0.2, -0.15) is 0 Å². The predicted molar refractivity (Wildman–Crippen MR) is 125 cm³/mol. The number of aromatic nitrogens is 3. The van der Waals surface area contributed by atoms with Gasteiger partial charge in [-0.15, -0.1) is 35.3 Å². The van der Waals surface area contributed by atoms with Gasteiger partial charge in [0, 0.05) is 17.6 Å². The van der Waals surface area contributed by atoms with E-state index in [4.69, 9.17) is 4.98 Å². The van der Waals surface area contributed by atoms with Gasteiger partial charge in [-0.3, -0.25) is 9.97 Å². The van der Waals surface area contributed by atoms with E-state index in [1.165, 1.54) is 24.3 Å². The molecule has 3 heterocycles. The van der Waals surface area contributed by atoms with Crippen molar-refractivity contribution in [3.63, 3.8) is 0 Å². The smallest absolute Gasteiger partial charge is 0.656 e. The van der Waals surface area contributed by atoms with E-state index in [0.717, 1.165) is 16.8 Å². The normalized spacial score (nSPS) is 11.0. The molecule has 0 unspecified atom stereocenters. The molecule has 3 aromatic carbocycles. The SMILES string of the molecule is Fc1ccc2[n-]c3c(-c4cccc(-c5[c-]c(-c6ccccn6)ccc5)n4)cc(F)cc3c2c1.[Ni+2]. The van der Waals surface area contributed by atoms with E-state index in [9.17, 15) is 8.78 Å². The van der Waals surface area contributed by atoms with Crippen molar-refractivity contribution in [1.29, 1.82) is 0 Å². The van der Waals surface area contributed by atoms with Crippen molar-refractivity contribution in [1.82, 2.24) is 15.0 Å². The summed E-state index contributed by atoms with van der Waals surface area (Å²) in [6, 6.07) is 27.7. The van der Waals surface area contributed by atoms with E-state index >= 15 is 0 Å². The third-order valence-corrected chi connectivity index (χ3v) is 5.59. The zero-order valence-electron chi connectivity index (χ0n) is 17.6. The van der Waals surface area contributed by atoms with Crippen LogP contribution in [0.2, 0.25) is 0 Å². The zero-order chi connectivity index (χ0) is 22.4. The second kappa shape index (κ2) is 8.81. The van der Waals surface area contributed by atoms with Crippen molar-refractivity contribution in [3.8, 4) is 33.8 Å².